The molecule has 11 heteroatoms. The number of carbonyl (C=O) groups excluding carboxylic acids is 1. The second kappa shape index (κ2) is 10.2. The number of nitrogens with zero attached hydrogens (tertiary/aromatic N) is 3. The number of amides is 1. The summed E-state index contributed by atoms with van der Waals surface area (Å²) in [6.45, 7) is 2.77. The van der Waals surface area contributed by atoms with Gasteiger partial charge in [0.15, 0.2) is 11.5 Å². The average Bonchev–Trinajstić information content (AvgIpc) is 3.64. The number of piperazine rings is 1. The first-order chi connectivity index (χ1) is 18.9. The summed E-state index contributed by atoms with van der Waals surface area (Å²) in [5.41, 5.74) is 1.65. The van der Waals surface area contributed by atoms with Gasteiger partial charge in [-0.2, -0.15) is 4.31 Å². The lowest BCUT2D eigenvalue weighted by Crippen LogP contribution is -2.49. The van der Waals surface area contributed by atoms with E-state index in [0.717, 1.165) is 24.0 Å². The fourth-order valence-corrected chi connectivity index (χ4v) is 6.57. The van der Waals surface area contributed by atoms with Crippen molar-refractivity contribution >= 4 is 21.7 Å². The first-order valence-corrected chi connectivity index (χ1v) is 14.5. The molecule has 3 heterocycles. The quantitative estimate of drug-likeness (QED) is 0.438. The molecular weight excluding hydrogens is 520 g/mol. The van der Waals surface area contributed by atoms with Gasteiger partial charge in [-0.15, -0.1) is 0 Å². The van der Waals surface area contributed by atoms with Crippen molar-refractivity contribution in [1.82, 2.24) is 14.2 Å². The highest BCUT2D eigenvalue weighted by atomic mass is 32.2. The Bertz CT molecular complexity index is 1490. The Morgan fingerprint density at radius 1 is 1.00 bits per heavy atom. The molecule has 0 bridgehead atoms. The van der Waals surface area contributed by atoms with Crippen LogP contribution in [0.2, 0.25) is 0 Å². The maximum absolute atomic E-state index is 13.3. The SMILES string of the molecule is O=C(Nc1cccc(-c2ccc(S(=O)(=O)N3CCN(CCO)CC3)cc2)n1)C1(c2ccc3c(c2)OCO3)CC1.[HH]. The molecule has 1 aromatic heterocycles. The molecule has 0 unspecified atom stereocenters. The van der Waals surface area contributed by atoms with Crippen LogP contribution >= 0.6 is 0 Å². The van der Waals surface area contributed by atoms with Gasteiger partial charge in [0.1, 0.15) is 5.82 Å². The molecule has 3 aliphatic rings. The van der Waals surface area contributed by atoms with Gasteiger partial charge in [0.2, 0.25) is 22.7 Å². The summed E-state index contributed by atoms with van der Waals surface area (Å²) in [6, 6.07) is 17.7. The van der Waals surface area contributed by atoms with Crippen LogP contribution in [0.5, 0.6) is 11.5 Å². The number of β-amino-alcohol motifs (C(OH)–C–C–N with tert-alkyl or cyclic N) is 1. The van der Waals surface area contributed by atoms with E-state index in [1.807, 2.05) is 35.2 Å². The van der Waals surface area contributed by atoms with E-state index < -0.39 is 15.4 Å². The maximum atomic E-state index is 13.3. The molecule has 1 saturated carbocycles. The third-order valence-electron chi connectivity index (χ3n) is 7.64. The number of aliphatic hydroxyl groups is 1. The molecule has 1 amide bonds. The Morgan fingerprint density at radius 2 is 1.74 bits per heavy atom. The van der Waals surface area contributed by atoms with Crippen molar-refractivity contribution in [2.24, 2.45) is 0 Å². The number of pyridine rings is 1. The molecule has 0 atom stereocenters. The Kier molecular flexibility index (Phi) is 6.76. The maximum Gasteiger partial charge on any atom is 0.243 e. The summed E-state index contributed by atoms with van der Waals surface area (Å²) >= 11 is 0. The van der Waals surface area contributed by atoms with Gasteiger partial charge in [-0.25, -0.2) is 13.4 Å². The minimum absolute atomic E-state index is 0. The van der Waals surface area contributed by atoms with Crippen LogP contribution in [0.3, 0.4) is 0 Å². The van der Waals surface area contributed by atoms with Gasteiger partial charge in [0.05, 0.1) is 22.6 Å². The van der Waals surface area contributed by atoms with Gasteiger partial charge in [0.25, 0.3) is 0 Å². The van der Waals surface area contributed by atoms with Gasteiger partial charge in [-0.1, -0.05) is 24.3 Å². The van der Waals surface area contributed by atoms with Crippen molar-refractivity contribution in [3.05, 3.63) is 66.2 Å². The van der Waals surface area contributed by atoms with Crippen molar-refractivity contribution < 1.29 is 29.2 Å². The number of ether oxygens (including phenoxy) is 2. The molecule has 0 radical (unpaired) electrons. The second-order valence-corrected chi connectivity index (χ2v) is 11.9. The topological polar surface area (TPSA) is 121 Å². The van der Waals surface area contributed by atoms with E-state index in [9.17, 15) is 13.2 Å². The third-order valence-corrected chi connectivity index (χ3v) is 9.55. The zero-order valence-electron chi connectivity index (χ0n) is 21.4. The number of nitrogens with one attached hydrogen (secondary N) is 1. The fourth-order valence-electron chi connectivity index (χ4n) is 5.15. The average molecular weight is 553 g/mol. The molecule has 10 nitrogen and oxygen atoms in total. The normalized spacial score (nSPS) is 18.6. The summed E-state index contributed by atoms with van der Waals surface area (Å²) in [6.07, 6.45) is 1.48. The van der Waals surface area contributed by atoms with E-state index in [1.54, 1.807) is 30.3 Å². The predicted octanol–water partition coefficient (Wildman–Crippen LogP) is 2.69. The van der Waals surface area contributed by atoms with E-state index in [-0.39, 0.29) is 25.6 Å². The van der Waals surface area contributed by atoms with Crippen molar-refractivity contribution in [3.8, 4) is 22.8 Å². The molecule has 1 aliphatic carbocycles. The molecule has 2 fully saturated rings. The summed E-state index contributed by atoms with van der Waals surface area (Å²) in [5.74, 6) is 1.65. The molecule has 2 aromatic carbocycles. The summed E-state index contributed by atoms with van der Waals surface area (Å²) in [5, 5.41) is 12.1. The van der Waals surface area contributed by atoms with E-state index >= 15 is 0 Å². The number of fused-ring (bicyclic) bond motifs is 1. The van der Waals surface area contributed by atoms with Crippen LogP contribution in [0.1, 0.15) is 19.8 Å². The summed E-state index contributed by atoms with van der Waals surface area (Å²) in [4.78, 5) is 20.2. The van der Waals surface area contributed by atoms with Crippen LogP contribution in [0.25, 0.3) is 11.3 Å². The number of aliphatic hydroxyl groups excluding tert-OH is 1. The zero-order chi connectivity index (χ0) is 27.0. The van der Waals surface area contributed by atoms with Crippen LogP contribution in [0.4, 0.5) is 5.82 Å². The Hall–Kier alpha value is -3.51. The number of benzene rings is 2. The fraction of sp³-hybridized carbons (Fsp3) is 0.357. The van der Waals surface area contributed by atoms with Crippen LogP contribution in [-0.4, -0.2) is 79.7 Å². The van der Waals surface area contributed by atoms with Gasteiger partial charge in [-0.3, -0.25) is 9.69 Å². The molecule has 2 aliphatic heterocycles. The summed E-state index contributed by atoms with van der Waals surface area (Å²) in [7, 11) is -3.61. The minimum atomic E-state index is -3.61. The monoisotopic (exact) mass is 552 g/mol. The Morgan fingerprint density at radius 3 is 2.46 bits per heavy atom. The zero-order valence-corrected chi connectivity index (χ0v) is 22.2. The molecule has 0 spiro atoms. The summed E-state index contributed by atoms with van der Waals surface area (Å²) < 4.78 is 38.6. The Balaban J connectivity index is 0.00000323. The number of aromatic nitrogens is 1. The van der Waals surface area contributed by atoms with Crippen LogP contribution in [0, 0.1) is 0 Å². The van der Waals surface area contributed by atoms with Crippen molar-refractivity contribution in [1.29, 1.82) is 0 Å². The van der Waals surface area contributed by atoms with Crippen molar-refractivity contribution in [3.63, 3.8) is 0 Å². The first kappa shape index (κ1) is 25.8. The van der Waals surface area contributed by atoms with Crippen molar-refractivity contribution in [2.45, 2.75) is 23.2 Å². The lowest BCUT2D eigenvalue weighted by Gasteiger charge is -2.33. The van der Waals surface area contributed by atoms with E-state index in [1.165, 1.54) is 4.31 Å². The highest BCUT2D eigenvalue weighted by Crippen LogP contribution is 2.51. The lowest BCUT2D eigenvalue weighted by atomic mass is 9.94. The number of rotatable bonds is 8. The molecule has 1 saturated heterocycles. The smallest absolute Gasteiger partial charge is 0.243 e. The number of carbonyl (C=O) groups is 1. The molecule has 3 aromatic rings. The number of hydrogen-bond acceptors (Lipinski definition) is 8. The van der Waals surface area contributed by atoms with Gasteiger partial charge < -0.3 is 19.9 Å². The molecule has 39 heavy (non-hydrogen) atoms. The largest absolute Gasteiger partial charge is 0.454 e. The molecule has 206 valence electrons. The lowest BCUT2D eigenvalue weighted by molar-refractivity contribution is -0.118. The van der Waals surface area contributed by atoms with Crippen LogP contribution in [0.15, 0.2) is 65.6 Å². The van der Waals surface area contributed by atoms with Gasteiger partial charge in [0, 0.05) is 39.7 Å². The predicted molar refractivity (Wildman–Crippen MR) is 146 cm³/mol. The first-order valence-electron chi connectivity index (χ1n) is 13.0. The third kappa shape index (κ3) is 4.98. The van der Waals surface area contributed by atoms with Crippen molar-refractivity contribution in [2.75, 3.05) is 51.4 Å². The number of anilines is 1. The number of hydrogen-bond donors (Lipinski definition) is 2. The minimum Gasteiger partial charge on any atom is -0.454 e. The molecule has 2 N–H and O–H groups in total. The highest BCUT2D eigenvalue weighted by molar-refractivity contribution is 7.89. The van der Waals surface area contributed by atoms with Crippen LogP contribution < -0.4 is 14.8 Å². The van der Waals surface area contributed by atoms with E-state index in [2.05, 4.69) is 10.3 Å². The molecule has 6 rings (SSSR count). The Labute approximate surface area is 228 Å². The van der Waals surface area contributed by atoms with Gasteiger partial charge >= 0.3 is 0 Å². The van der Waals surface area contributed by atoms with E-state index in [0.29, 0.717) is 55.7 Å². The highest BCUT2D eigenvalue weighted by Gasteiger charge is 2.51. The van der Waals surface area contributed by atoms with Gasteiger partial charge in [-0.05, 0) is 54.8 Å². The van der Waals surface area contributed by atoms with Crippen LogP contribution in [-0.2, 0) is 20.2 Å². The second-order valence-electron chi connectivity index (χ2n) is 10.0. The van der Waals surface area contributed by atoms with E-state index in [4.69, 9.17) is 14.6 Å². The standard InChI is InChI=1S/C28H30N4O6S.H2/c33-17-16-31-12-14-32(15-13-31)39(35,36)22-7-4-20(5-8-22)23-2-1-3-26(29-23)30-27(34)28(10-11-28)21-6-9-24-25(18-21)38-19-37-24;/h1-9,18,33H,10-17,19H2,(H,29,30,34);1H. The number of sulfonamides is 1. The molecular formula is C28H32N4O6S.